The molecule has 0 aliphatic heterocycles. The molecule has 0 aliphatic rings. The summed E-state index contributed by atoms with van der Waals surface area (Å²) in [6, 6.07) is 2.99. The van der Waals surface area contributed by atoms with Gasteiger partial charge in [-0.25, -0.2) is 9.18 Å². The number of hydrogen-bond acceptors (Lipinski definition) is 2. The van der Waals surface area contributed by atoms with E-state index in [1.807, 2.05) is 0 Å². The van der Waals surface area contributed by atoms with Crippen molar-refractivity contribution in [3.8, 4) is 0 Å². The van der Waals surface area contributed by atoms with Gasteiger partial charge in [0.1, 0.15) is 18.3 Å². The third kappa shape index (κ3) is 9.41. The molecule has 16 heteroatoms. The molecule has 0 aromatic heterocycles. The summed E-state index contributed by atoms with van der Waals surface area (Å²) in [4.78, 5) is 24.5. The number of carbonyl (C=O) groups excluding carboxylic acids is 2. The Bertz CT molecular complexity index is 1240. The lowest BCUT2D eigenvalue weighted by molar-refractivity contribution is -0.140. The van der Waals surface area contributed by atoms with Crippen molar-refractivity contribution < 1.29 is 53.5 Å². The predicted octanol–water partition coefficient (Wildman–Crippen LogP) is 8.16. The van der Waals surface area contributed by atoms with Gasteiger partial charge in [-0.1, -0.05) is 39.7 Å². The van der Waals surface area contributed by atoms with Crippen molar-refractivity contribution in [3.63, 3.8) is 0 Å². The molecule has 0 spiro atoms. The molecule has 214 valence electrons. The second-order valence-corrected chi connectivity index (χ2v) is 9.40. The molecule has 39 heavy (non-hydrogen) atoms. The maximum absolute atomic E-state index is 14.9. The van der Waals surface area contributed by atoms with Gasteiger partial charge in [-0.2, -0.15) is 39.5 Å². The normalized spacial score (nSPS) is 13.7. The van der Waals surface area contributed by atoms with Gasteiger partial charge in [0.05, 0.1) is 12.1 Å². The molecule has 1 atom stereocenters. The highest BCUT2D eigenvalue weighted by Crippen LogP contribution is 2.41. The molecular weight excluding hydrogens is 642 g/mol. The Kier molecular flexibility index (Phi) is 10.1. The summed E-state index contributed by atoms with van der Waals surface area (Å²) in [6.07, 6.45) is -15.1. The van der Waals surface area contributed by atoms with E-state index in [0.717, 1.165) is 19.2 Å². The first-order chi connectivity index (χ1) is 17.7. The Morgan fingerprint density at radius 2 is 1.64 bits per heavy atom. The largest absolute Gasteiger partial charge is 0.417 e. The van der Waals surface area contributed by atoms with E-state index in [1.54, 1.807) is 0 Å². The summed E-state index contributed by atoms with van der Waals surface area (Å²) in [6.45, 7) is -2.85. The monoisotopic (exact) mass is 656 g/mol. The molecule has 2 aromatic rings. The van der Waals surface area contributed by atoms with Crippen LogP contribution in [0.15, 0.2) is 46.9 Å². The maximum Gasteiger partial charge on any atom is 0.417 e. The average molecular weight is 658 g/mol. The second kappa shape index (κ2) is 12.1. The summed E-state index contributed by atoms with van der Waals surface area (Å²) in [5.41, 5.74) is -4.26. The van der Waals surface area contributed by atoms with E-state index < -0.39 is 77.4 Å². The van der Waals surface area contributed by atoms with Crippen molar-refractivity contribution >= 4 is 45.2 Å². The van der Waals surface area contributed by atoms with Gasteiger partial charge in [0.2, 0.25) is 0 Å². The van der Waals surface area contributed by atoms with Crippen LogP contribution in [-0.4, -0.2) is 49.2 Å². The standard InChI is InChI=1S/C23H16BrClF10N2O2/c1-37(20(39)36-10-21(27,28)29)9-19(38)15-3-2-11(6-17(15)23(33,34)35)18(26)8-16(22(30,31)32)12-4-13(24)7-14(25)5-12/h2-8,16H,9-10H2,1H3,(H,36,39)/b18-8-. The third-order valence-corrected chi connectivity index (χ3v) is 5.65. The summed E-state index contributed by atoms with van der Waals surface area (Å²) in [7, 11) is 0.846. The number of rotatable bonds is 7. The fourth-order valence-corrected chi connectivity index (χ4v) is 4.12. The van der Waals surface area contributed by atoms with Gasteiger partial charge in [0.15, 0.2) is 5.78 Å². The Hall–Kier alpha value is -2.81. The number of Topliss-reactive ketones (excluding diaryl/α,β-unsaturated/α-hetero) is 1. The number of likely N-dealkylation sites (N-methyl/N-ethyl adjacent to an activating group) is 1. The maximum atomic E-state index is 14.9. The zero-order valence-electron chi connectivity index (χ0n) is 19.3. The Morgan fingerprint density at radius 3 is 2.15 bits per heavy atom. The highest BCUT2D eigenvalue weighted by atomic mass is 79.9. The molecule has 0 saturated carbocycles. The molecule has 1 unspecified atom stereocenters. The lowest BCUT2D eigenvalue weighted by Crippen LogP contribution is -2.43. The number of ketones is 1. The van der Waals surface area contributed by atoms with E-state index in [0.29, 0.717) is 17.0 Å². The Labute approximate surface area is 227 Å². The number of benzene rings is 2. The average Bonchev–Trinajstić information content (AvgIpc) is 2.77. The SMILES string of the molecule is CN(CC(=O)c1ccc(/C(F)=C/C(c2cc(Cl)cc(Br)c2)C(F)(F)F)cc1C(F)(F)F)C(=O)NCC(F)(F)F. The molecule has 0 bridgehead atoms. The van der Waals surface area contributed by atoms with Gasteiger partial charge in [-0.3, -0.25) is 4.79 Å². The minimum atomic E-state index is -5.29. The first-order valence-corrected chi connectivity index (χ1v) is 11.6. The van der Waals surface area contributed by atoms with Crippen molar-refractivity contribution in [1.82, 2.24) is 10.2 Å². The van der Waals surface area contributed by atoms with Crippen LogP contribution < -0.4 is 5.32 Å². The Balaban J connectivity index is 2.43. The lowest BCUT2D eigenvalue weighted by Gasteiger charge is -2.20. The van der Waals surface area contributed by atoms with Crippen LogP contribution in [0.2, 0.25) is 5.02 Å². The van der Waals surface area contributed by atoms with E-state index in [9.17, 15) is 53.5 Å². The van der Waals surface area contributed by atoms with E-state index in [2.05, 4.69) is 15.9 Å². The molecule has 0 fully saturated rings. The second-order valence-electron chi connectivity index (χ2n) is 8.05. The van der Waals surface area contributed by atoms with Gasteiger partial charge >= 0.3 is 24.6 Å². The van der Waals surface area contributed by atoms with E-state index in [-0.39, 0.29) is 21.6 Å². The van der Waals surface area contributed by atoms with Crippen LogP contribution in [0.25, 0.3) is 5.83 Å². The first kappa shape index (κ1) is 32.4. The molecule has 2 amide bonds. The molecule has 0 heterocycles. The van der Waals surface area contributed by atoms with Crippen LogP contribution in [0.4, 0.5) is 48.7 Å². The van der Waals surface area contributed by atoms with Crippen molar-refractivity contribution in [2.75, 3.05) is 20.1 Å². The van der Waals surface area contributed by atoms with Crippen molar-refractivity contribution in [2.24, 2.45) is 0 Å². The van der Waals surface area contributed by atoms with Crippen LogP contribution in [-0.2, 0) is 6.18 Å². The minimum absolute atomic E-state index is 0.0495. The van der Waals surface area contributed by atoms with Gasteiger partial charge in [-0.05, 0) is 35.9 Å². The minimum Gasteiger partial charge on any atom is -0.329 e. The summed E-state index contributed by atoms with van der Waals surface area (Å²) >= 11 is 8.72. The smallest absolute Gasteiger partial charge is 0.329 e. The van der Waals surface area contributed by atoms with Crippen molar-refractivity contribution in [2.45, 2.75) is 24.4 Å². The molecular formula is C23H16BrClF10N2O2. The number of alkyl halides is 9. The molecule has 2 aromatic carbocycles. The molecule has 0 aliphatic carbocycles. The van der Waals surface area contributed by atoms with Gasteiger partial charge in [-0.15, -0.1) is 0 Å². The van der Waals surface area contributed by atoms with Crippen LogP contribution in [0.5, 0.6) is 0 Å². The zero-order chi connectivity index (χ0) is 29.9. The quantitative estimate of drug-likeness (QED) is 0.241. The topological polar surface area (TPSA) is 49.4 Å². The summed E-state index contributed by atoms with van der Waals surface area (Å²) in [5.74, 6) is -5.67. The van der Waals surface area contributed by atoms with Crippen LogP contribution in [0, 0.1) is 0 Å². The fourth-order valence-electron chi connectivity index (χ4n) is 3.23. The van der Waals surface area contributed by atoms with Crippen LogP contribution in [0.3, 0.4) is 0 Å². The third-order valence-electron chi connectivity index (χ3n) is 4.98. The summed E-state index contributed by atoms with van der Waals surface area (Å²) < 4.78 is 134. The van der Waals surface area contributed by atoms with Gasteiger partial charge in [0, 0.05) is 27.7 Å². The number of nitrogens with one attached hydrogen (secondary N) is 1. The molecule has 4 nitrogen and oxygen atoms in total. The van der Waals surface area contributed by atoms with Crippen LogP contribution in [0.1, 0.15) is 33.0 Å². The first-order valence-electron chi connectivity index (χ1n) is 10.4. The number of allylic oxidation sites excluding steroid dienone is 1. The predicted molar refractivity (Wildman–Crippen MR) is 125 cm³/mol. The Morgan fingerprint density at radius 1 is 1.03 bits per heavy atom. The van der Waals surface area contributed by atoms with E-state index in [1.165, 1.54) is 11.4 Å². The number of halogens is 12. The zero-order valence-corrected chi connectivity index (χ0v) is 21.7. The molecule has 0 saturated heterocycles. The fraction of sp³-hybridized carbons (Fsp3) is 0.304. The van der Waals surface area contributed by atoms with E-state index >= 15 is 0 Å². The number of hydrogen-bond donors (Lipinski definition) is 1. The number of urea groups is 1. The number of amides is 2. The number of nitrogens with zero attached hydrogens (tertiary/aromatic N) is 1. The number of carbonyl (C=O) groups is 2. The van der Waals surface area contributed by atoms with Gasteiger partial charge < -0.3 is 10.2 Å². The van der Waals surface area contributed by atoms with Crippen molar-refractivity contribution in [1.29, 1.82) is 0 Å². The molecule has 0 radical (unpaired) electrons. The van der Waals surface area contributed by atoms with Crippen molar-refractivity contribution in [3.05, 3.63) is 74.2 Å². The highest BCUT2D eigenvalue weighted by Gasteiger charge is 2.41. The highest BCUT2D eigenvalue weighted by molar-refractivity contribution is 9.10. The summed E-state index contributed by atoms with van der Waals surface area (Å²) in [5, 5.41) is 1.30. The molecule has 2 rings (SSSR count). The van der Waals surface area contributed by atoms with Crippen LogP contribution >= 0.6 is 27.5 Å². The molecule has 1 N–H and O–H groups in total. The lowest BCUT2D eigenvalue weighted by atomic mass is 9.95. The van der Waals surface area contributed by atoms with Gasteiger partial charge in [0.25, 0.3) is 0 Å². The van der Waals surface area contributed by atoms with E-state index in [4.69, 9.17) is 11.6 Å².